The van der Waals surface area contributed by atoms with Crippen LogP contribution in [0.5, 0.6) is 11.5 Å². The van der Waals surface area contributed by atoms with Crippen LogP contribution in [-0.2, 0) is 9.53 Å². The average Bonchev–Trinajstić information content (AvgIpc) is 2.71. The summed E-state index contributed by atoms with van der Waals surface area (Å²) in [4.78, 5) is 34.5. The van der Waals surface area contributed by atoms with Crippen LogP contribution in [0, 0.1) is 10.1 Å². The summed E-state index contributed by atoms with van der Waals surface area (Å²) < 4.78 is 15.4. The number of esters is 1. The molecule has 2 aromatic rings. The topological polar surface area (TPSA) is 117 Å². The van der Waals surface area contributed by atoms with Crippen LogP contribution in [-0.4, -0.2) is 37.6 Å². The van der Waals surface area contributed by atoms with Crippen LogP contribution in [0.2, 0.25) is 5.02 Å². The summed E-state index contributed by atoms with van der Waals surface area (Å²) in [6.07, 6.45) is 0. The summed E-state index contributed by atoms with van der Waals surface area (Å²) in [5.41, 5.74) is 0.161. The van der Waals surface area contributed by atoms with E-state index in [1.54, 1.807) is 25.1 Å². The Morgan fingerprint density at radius 1 is 1.17 bits per heavy atom. The van der Waals surface area contributed by atoms with Crippen LogP contribution in [0.3, 0.4) is 0 Å². The van der Waals surface area contributed by atoms with Crippen molar-refractivity contribution in [2.24, 2.45) is 0 Å². The fourth-order valence-corrected chi connectivity index (χ4v) is 2.73. The van der Waals surface area contributed by atoms with Crippen molar-refractivity contribution < 1.29 is 28.7 Å². The monoisotopic (exact) mass is 422 g/mol. The number of methoxy groups -OCH3 is 2. The molecular formula is C19H19ClN2O7. The second kappa shape index (κ2) is 9.74. The second-order valence-corrected chi connectivity index (χ2v) is 6.30. The highest BCUT2D eigenvalue weighted by atomic mass is 35.5. The van der Waals surface area contributed by atoms with Crippen LogP contribution in [0.25, 0.3) is 0 Å². The zero-order valence-corrected chi connectivity index (χ0v) is 16.7. The van der Waals surface area contributed by atoms with Gasteiger partial charge in [-0.1, -0.05) is 11.6 Å². The van der Waals surface area contributed by atoms with Gasteiger partial charge < -0.3 is 19.5 Å². The van der Waals surface area contributed by atoms with E-state index in [0.29, 0.717) is 17.1 Å². The Bertz CT molecular complexity index is 933. The third-order valence-electron chi connectivity index (χ3n) is 4.00. The van der Waals surface area contributed by atoms with Gasteiger partial charge in [0.15, 0.2) is 6.61 Å². The van der Waals surface area contributed by atoms with E-state index in [1.807, 2.05) is 0 Å². The van der Waals surface area contributed by atoms with Crippen LogP contribution in [0.1, 0.15) is 28.9 Å². The largest absolute Gasteiger partial charge is 0.497 e. The van der Waals surface area contributed by atoms with Gasteiger partial charge in [-0.25, -0.2) is 4.79 Å². The number of amides is 1. The molecule has 2 aromatic carbocycles. The first-order chi connectivity index (χ1) is 13.8. The summed E-state index contributed by atoms with van der Waals surface area (Å²) >= 11 is 5.89. The number of carbonyl (C=O) groups is 2. The molecule has 0 aromatic heterocycles. The maximum Gasteiger partial charge on any atom is 0.340 e. The van der Waals surface area contributed by atoms with E-state index in [-0.39, 0.29) is 16.3 Å². The molecule has 2 rings (SSSR count). The van der Waals surface area contributed by atoms with Gasteiger partial charge in [0.25, 0.3) is 11.6 Å². The summed E-state index contributed by atoms with van der Waals surface area (Å²) in [6.45, 7) is 1.14. The van der Waals surface area contributed by atoms with Gasteiger partial charge in [0.1, 0.15) is 11.5 Å². The number of non-ortho nitro benzene ring substituents is 1. The fraction of sp³-hybridized carbons (Fsp3) is 0.263. The highest BCUT2D eigenvalue weighted by Crippen LogP contribution is 2.29. The summed E-state index contributed by atoms with van der Waals surface area (Å²) in [5.74, 6) is -0.370. The normalized spacial score (nSPS) is 11.3. The van der Waals surface area contributed by atoms with Crippen LogP contribution < -0.4 is 14.8 Å². The molecule has 1 N–H and O–H groups in total. The number of nitrogens with one attached hydrogen (secondary N) is 1. The second-order valence-electron chi connectivity index (χ2n) is 5.89. The first-order valence-electron chi connectivity index (χ1n) is 8.39. The Kier molecular flexibility index (Phi) is 7.38. The molecule has 0 bridgehead atoms. The van der Waals surface area contributed by atoms with Gasteiger partial charge in [-0.2, -0.15) is 0 Å². The molecule has 0 aliphatic carbocycles. The maximum atomic E-state index is 12.2. The number of benzene rings is 2. The van der Waals surface area contributed by atoms with Crippen molar-refractivity contribution >= 4 is 29.2 Å². The van der Waals surface area contributed by atoms with E-state index in [1.165, 1.54) is 20.3 Å². The van der Waals surface area contributed by atoms with Gasteiger partial charge in [-0.05, 0) is 31.2 Å². The van der Waals surface area contributed by atoms with Gasteiger partial charge in [-0.3, -0.25) is 14.9 Å². The number of nitrogens with zero attached hydrogens (tertiary/aromatic N) is 1. The highest BCUT2D eigenvalue weighted by molar-refractivity contribution is 6.33. The molecule has 10 heteroatoms. The number of hydrogen-bond acceptors (Lipinski definition) is 7. The molecule has 9 nitrogen and oxygen atoms in total. The minimum absolute atomic E-state index is 0.0181. The molecule has 0 saturated heterocycles. The van der Waals surface area contributed by atoms with Crippen molar-refractivity contribution in [3.8, 4) is 11.5 Å². The number of hydrogen-bond donors (Lipinski definition) is 1. The van der Waals surface area contributed by atoms with Gasteiger partial charge in [0.2, 0.25) is 0 Å². The minimum atomic E-state index is -0.944. The number of halogens is 1. The number of rotatable bonds is 8. The highest BCUT2D eigenvalue weighted by Gasteiger charge is 2.20. The van der Waals surface area contributed by atoms with Crippen molar-refractivity contribution in [2.45, 2.75) is 13.0 Å². The van der Waals surface area contributed by atoms with Crippen LogP contribution >= 0.6 is 11.6 Å². The average molecular weight is 423 g/mol. The molecule has 0 spiro atoms. The van der Waals surface area contributed by atoms with Gasteiger partial charge in [0, 0.05) is 17.7 Å². The summed E-state index contributed by atoms with van der Waals surface area (Å²) in [5, 5.41) is 13.5. The lowest BCUT2D eigenvalue weighted by molar-refractivity contribution is -0.384. The zero-order valence-electron chi connectivity index (χ0n) is 15.9. The quantitative estimate of drug-likeness (QED) is 0.394. The Balaban J connectivity index is 2.02. The zero-order chi connectivity index (χ0) is 21.6. The van der Waals surface area contributed by atoms with E-state index in [4.69, 9.17) is 25.8 Å². The van der Waals surface area contributed by atoms with Gasteiger partial charge >= 0.3 is 5.97 Å². The lowest BCUT2D eigenvalue weighted by Crippen LogP contribution is -2.31. The van der Waals surface area contributed by atoms with Crippen molar-refractivity contribution in [1.82, 2.24) is 5.32 Å². The molecule has 29 heavy (non-hydrogen) atoms. The third-order valence-corrected chi connectivity index (χ3v) is 4.33. The van der Waals surface area contributed by atoms with Crippen molar-refractivity contribution in [3.63, 3.8) is 0 Å². The fourth-order valence-electron chi connectivity index (χ4n) is 2.53. The minimum Gasteiger partial charge on any atom is -0.497 e. The number of ether oxygens (including phenoxy) is 3. The molecule has 1 amide bonds. The lowest BCUT2D eigenvalue weighted by Gasteiger charge is -2.18. The van der Waals surface area contributed by atoms with E-state index in [0.717, 1.165) is 12.1 Å². The molecule has 0 aliphatic heterocycles. The van der Waals surface area contributed by atoms with Crippen molar-refractivity contribution in [2.75, 3.05) is 20.8 Å². The van der Waals surface area contributed by atoms with Gasteiger partial charge in [-0.15, -0.1) is 0 Å². The Morgan fingerprint density at radius 3 is 2.52 bits per heavy atom. The molecule has 0 saturated carbocycles. The molecule has 0 aliphatic rings. The summed E-state index contributed by atoms with van der Waals surface area (Å²) in [7, 11) is 3.03. The van der Waals surface area contributed by atoms with Crippen molar-refractivity contribution in [3.05, 3.63) is 62.7 Å². The van der Waals surface area contributed by atoms with Crippen LogP contribution in [0.4, 0.5) is 5.69 Å². The maximum absolute atomic E-state index is 12.2. The molecule has 0 heterocycles. The standard InChI is InChI=1S/C19H19ClN2O7/c1-11(14-9-13(27-2)5-7-17(14)28-3)21-18(23)10-29-19(24)15-8-12(22(25)26)4-6-16(15)20/h4-9,11H,10H2,1-3H3,(H,21,23). The van der Waals surface area contributed by atoms with E-state index in [9.17, 15) is 19.7 Å². The molecule has 0 radical (unpaired) electrons. The first kappa shape index (κ1) is 22.0. The smallest absolute Gasteiger partial charge is 0.340 e. The predicted octanol–water partition coefficient (Wildman–Crippen LogP) is 3.30. The number of nitro benzene ring substituents is 1. The molecule has 0 fully saturated rings. The van der Waals surface area contributed by atoms with E-state index in [2.05, 4.69) is 5.32 Å². The summed E-state index contributed by atoms with van der Waals surface area (Å²) in [6, 6.07) is 8.06. The van der Waals surface area contributed by atoms with Crippen molar-refractivity contribution in [1.29, 1.82) is 0 Å². The number of nitro groups is 1. The Morgan fingerprint density at radius 2 is 1.90 bits per heavy atom. The SMILES string of the molecule is COc1ccc(OC)c(C(C)NC(=O)COC(=O)c2cc([N+](=O)[O-])ccc2Cl)c1. The Hall–Kier alpha value is -3.33. The number of carbonyl (C=O) groups excluding carboxylic acids is 2. The molecule has 1 atom stereocenters. The molecular weight excluding hydrogens is 404 g/mol. The molecule has 154 valence electrons. The van der Waals surface area contributed by atoms with E-state index >= 15 is 0 Å². The van der Waals surface area contributed by atoms with Crippen LogP contribution in [0.15, 0.2) is 36.4 Å². The lowest BCUT2D eigenvalue weighted by atomic mass is 10.1. The van der Waals surface area contributed by atoms with E-state index < -0.39 is 29.4 Å². The third kappa shape index (κ3) is 5.58. The predicted molar refractivity (Wildman–Crippen MR) is 104 cm³/mol. The first-order valence-corrected chi connectivity index (χ1v) is 8.77. The molecule has 1 unspecified atom stereocenters. The van der Waals surface area contributed by atoms with Gasteiger partial charge in [0.05, 0.1) is 35.8 Å². The Labute approximate surface area is 171 Å².